The molecule has 35 heavy (non-hydrogen) atoms. The third-order valence-corrected chi connectivity index (χ3v) is 7.91. The number of rotatable bonds is 6. The molecule has 1 saturated carbocycles. The molecule has 3 aromatic rings. The first kappa shape index (κ1) is 25.2. The topological polar surface area (TPSA) is 71.5 Å². The number of pyridine rings is 1. The van der Waals surface area contributed by atoms with Gasteiger partial charge in [0.15, 0.2) is 0 Å². The standard InChI is InChI=1S/C24H28F3N5O2S/c1-14-19-21(32(3)17-7-5-16(6-8-17)24(25,26)27)29-13-30-22(19)35-20(14)23(33)31(2)12-15-9-10-28-18(11-15)34-4/h9-11,13,16-17H,5-8,12H2,1-4H3. The van der Waals surface area contributed by atoms with Crippen LogP contribution in [0.4, 0.5) is 19.0 Å². The summed E-state index contributed by atoms with van der Waals surface area (Å²) in [4.78, 5) is 31.1. The summed E-state index contributed by atoms with van der Waals surface area (Å²) in [6, 6.07) is 3.57. The molecule has 0 spiro atoms. The number of carbonyl (C=O) groups excluding carboxylic acids is 1. The molecule has 7 nitrogen and oxygen atoms in total. The Hall–Kier alpha value is -2.95. The highest BCUT2D eigenvalue weighted by Gasteiger charge is 2.42. The number of nitrogens with zero attached hydrogens (tertiary/aromatic N) is 5. The van der Waals surface area contributed by atoms with Gasteiger partial charge >= 0.3 is 6.18 Å². The van der Waals surface area contributed by atoms with Gasteiger partial charge in [-0.25, -0.2) is 15.0 Å². The number of anilines is 1. The van der Waals surface area contributed by atoms with Gasteiger partial charge in [-0.15, -0.1) is 11.3 Å². The van der Waals surface area contributed by atoms with Crippen LogP contribution in [0.25, 0.3) is 10.2 Å². The van der Waals surface area contributed by atoms with E-state index in [-0.39, 0.29) is 24.8 Å². The van der Waals surface area contributed by atoms with Crippen LogP contribution in [0.3, 0.4) is 0 Å². The van der Waals surface area contributed by atoms with Crippen molar-refractivity contribution in [2.24, 2.45) is 5.92 Å². The minimum atomic E-state index is -4.14. The Labute approximate surface area is 205 Å². The molecule has 0 aliphatic heterocycles. The average Bonchev–Trinajstić information content (AvgIpc) is 3.19. The van der Waals surface area contributed by atoms with Crippen LogP contribution < -0.4 is 9.64 Å². The van der Waals surface area contributed by atoms with E-state index in [4.69, 9.17) is 4.74 Å². The third-order valence-electron chi connectivity index (χ3n) is 6.72. The fraction of sp³-hybridized carbons (Fsp3) is 0.500. The summed E-state index contributed by atoms with van der Waals surface area (Å²) in [7, 11) is 5.14. The van der Waals surface area contributed by atoms with E-state index in [0.29, 0.717) is 40.8 Å². The van der Waals surface area contributed by atoms with E-state index < -0.39 is 12.1 Å². The third kappa shape index (κ3) is 5.19. The molecule has 0 radical (unpaired) electrons. The maximum absolute atomic E-state index is 13.3. The predicted octanol–water partition coefficient (Wildman–Crippen LogP) is 5.23. The van der Waals surface area contributed by atoms with Crippen LogP contribution in [0.15, 0.2) is 24.7 Å². The molecular weight excluding hydrogens is 479 g/mol. The Balaban J connectivity index is 1.56. The first-order chi connectivity index (χ1) is 16.6. The molecular formula is C24H28F3N5O2S. The van der Waals surface area contributed by atoms with Gasteiger partial charge in [0.1, 0.15) is 17.0 Å². The van der Waals surface area contributed by atoms with Crippen LogP contribution in [0.5, 0.6) is 5.88 Å². The van der Waals surface area contributed by atoms with Gasteiger partial charge in [-0.1, -0.05) is 0 Å². The molecule has 1 aliphatic rings. The van der Waals surface area contributed by atoms with Gasteiger partial charge in [0.05, 0.1) is 23.3 Å². The zero-order chi connectivity index (χ0) is 25.3. The number of alkyl halides is 3. The first-order valence-electron chi connectivity index (χ1n) is 11.4. The van der Waals surface area contributed by atoms with Crippen LogP contribution in [0.1, 0.15) is 46.5 Å². The monoisotopic (exact) mass is 507 g/mol. The Morgan fingerprint density at radius 1 is 1.17 bits per heavy atom. The van der Waals surface area contributed by atoms with Crippen LogP contribution in [-0.2, 0) is 6.54 Å². The number of carbonyl (C=O) groups is 1. The lowest BCUT2D eigenvalue weighted by atomic mass is 9.85. The second-order valence-electron chi connectivity index (χ2n) is 8.96. The minimum Gasteiger partial charge on any atom is -0.481 e. The fourth-order valence-electron chi connectivity index (χ4n) is 4.67. The quantitative estimate of drug-likeness (QED) is 0.455. The summed E-state index contributed by atoms with van der Waals surface area (Å²) in [5.41, 5.74) is 1.67. The molecule has 1 fully saturated rings. The number of halogens is 3. The lowest BCUT2D eigenvalue weighted by Crippen LogP contribution is -2.38. The Morgan fingerprint density at radius 3 is 2.54 bits per heavy atom. The van der Waals surface area contributed by atoms with Gasteiger partial charge in [-0.3, -0.25) is 4.79 Å². The summed E-state index contributed by atoms with van der Waals surface area (Å²) in [6.45, 7) is 2.25. The van der Waals surface area contributed by atoms with Crippen LogP contribution in [0.2, 0.25) is 0 Å². The molecule has 188 valence electrons. The molecule has 3 heterocycles. The summed E-state index contributed by atoms with van der Waals surface area (Å²) in [6.07, 6.45) is 0.0635. The second kappa shape index (κ2) is 9.96. The van der Waals surface area contributed by atoms with E-state index in [0.717, 1.165) is 16.5 Å². The highest BCUT2D eigenvalue weighted by molar-refractivity contribution is 7.20. The van der Waals surface area contributed by atoms with Crippen molar-refractivity contribution in [1.82, 2.24) is 19.9 Å². The smallest absolute Gasteiger partial charge is 0.391 e. The molecule has 1 amide bonds. The van der Waals surface area contributed by atoms with E-state index in [1.165, 1.54) is 17.7 Å². The van der Waals surface area contributed by atoms with Gasteiger partial charge in [0, 0.05) is 38.9 Å². The SMILES string of the molecule is COc1cc(CN(C)C(=O)c2sc3ncnc(N(C)C4CCC(C(F)(F)F)CC4)c3c2C)ccn1. The lowest BCUT2D eigenvalue weighted by Gasteiger charge is -2.36. The van der Waals surface area contributed by atoms with E-state index in [2.05, 4.69) is 15.0 Å². The molecule has 0 N–H and O–H groups in total. The Morgan fingerprint density at radius 2 is 1.89 bits per heavy atom. The molecule has 3 aromatic heterocycles. The van der Waals surface area contributed by atoms with Gasteiger partial charge in [-0.2, -0.15) is 13.2 Å². The maximum atomic E-state index is 13.3. The van der Waals surface area contributed by atoms with Crippen LogP contribution >= 0.6 is 11.3 Å². The number of aromatic nitrogens is 3. The van der Waals surface area contributed by atoms with Gasteiger partial charge < -0.3 is 14.5 Å². The number of hydrogen-bond donors (Lipinski definition) is 0. The summed E-state index contributed by atoms with van der Waals surface area (Å²) >= 11 is 1.31. The second-order valence-corrected chi connectivity index (χ2v) is 9.96. The zero-order valence-corrected chi connectivity index (χ0v) is 20.9. The maximum Gasteiger partial charge on any atom is 0.391 e. The van der Waals surface area contributed by atoms with Crippen LogP contribution in [-0.4, -0.2) is 59.2 Å². The van der Waals surface area contributed by atoms with Crippen molar-refractivity contribution in [2.75, 3.05) is 26.1 Å². The van der Waals surface area contributed by atoms with Crippen LogP contribution in [0, 0.1) is 12.8 Å². The number of fused-ring (bicyclic) bond motifs is 1. The molecule has 0 unspecified atom stereocenters. The Bertz CT molecular complexity index is 1210. The molecule has 0 atom stereocenters. The van der Waals surface area contributed by atoms with Gasteiger partial charge in [0.25, 0.3) is 5.91 Å². The highest BCUT2D eigenvalue weighted by Crippen LogP contribution is 2.41. The van der Waals surface area contributed by atoms with Gasteiger partial charge in [0.2, 0.25) is 5.88 Å². The van der Waals surface area contributed by atoms with Crippen molar-refractivity contribution in [3.8, 4) is 5.88 Å². The fourth-order valence-corrected chi connectivity index (χ4v) is 5.81. The highest BCUT2D eigenvalue weighted by atomic mass is 32.1. The van der Waals surface area contributed by atoms with E-state index in [1.807, 2.05) is 24.9 Å². The van der Waals surface area contributed by atoms with E-state index in [1.54, 1.807) is 31.3 Å². The molecule has 0 aromatic carbocycles. The lowest BCUT2D eigenvalue weighted by molar-refractivity contribution is -0.182. The zero-order valence-electron chi connectivity index (χ0n) is 20.1. The number of hydrogen-bond acceptors (Lipinski definition) is 7. The van der Waals surface area contributed by atoms with Gasteiger partial charge in [-0.05, 0) is 49.8 Å². The van der Waals surface area contributed by atoms with Crippen molar-refractivity contribution in [3.63, 3.8) is 0 Å². The number of amides is 1. The number of aryl methyl sites for hydroxylation is 1. The number of ether oxygens (including phenoxy) is 1. The first-order valence-corrected chi connectivity index (χ1v) is 12.2. The van der Waals surface area contributed by atoms with Crippen molar-refractivity contribution < 1.29 is 22.7 Å². The normalized spacial score (nSPS) is 18.5. The van der Waals surface area contributed by atoms with E-state index in [9.17, 15) is 18.0 Å². The van der Waals surface area contributed by atoms with Crippen molar-refractivity contribution in [1.29, 1.82) is 0 Å². The molecule has 1 aliphatic carbocycles. The summed E-state index contributed by atoms with van der Waals surface area (Å²) in [5, 5.41) is 0.778. The molecule has 11 heteroatoms. The minimum absolute atomic E-state index is 0.0468. The van der Waals surface area contributed by atoms with E-state index >= 15 is 0 Å². The molecule has 4 rings (SSSR count). The number of methoxy groups -OCH3 is 1. The summed E-state index contributed by atoms with van der Waals surface area (Å²) < 4.78 is 44.4. The number of thiophene rings is 1. The van der Waals surface area contributed by atoms with Crippen molar-refractivity contribution in [2.45, 2.75) is 51.4 Å². The molecule has 0 saturated heterocycles. The van der Waals surface area contributed by atoms with Crippen molar-refractivity contribution in [3.05, 3.63) is 40.7 Å². The average molecular weight is 508 g/mol. The molecule has 0 bridgehead atoms. The predicted molar refractivity (Wildman–Crippen MR) is 129 cm³/mol. The van der Waals surface area contributed by atoms with Crippen molar-refractivity contribution >= 4 is 33.3 Å². The largest absolute Gasteiger partial charge is 0.481 e. The Kier molecular flexibility index (Phi) is 7.16. The summed E-state index contributed by atoms with van der Waals surface area (Å²) in [5.74, 6) is -0.241.